The summed E-state index contributed by atoms with van der Waals surface area (Å²) in [5.74, 6) is 0.444. The number of hydrogen-bond donors (Lipinski definition) is 2. The normalized spacial score (nSPS) is 17.0. The van der Waals surface area contributed by atoms with E-state index in [1.807, 2.05) is 30.3 Å². The summed E-state index contributed by atoms with van der Waals surface area (Å²) in [4.78, 5) is 12.7. The molecule has 1 aliphatic heterocycles. The maximum Gasteiger partial charge on any atom is 0.257 e. The molecule has 5 nitrogen and oxygen atoms in total. The number of carbonyl (C=O) groups excluding carboxylic acids is 1. The maximum absolute atomic E-state index is 12.7. The second kappa shape index (κ2) is 6.54. The zero-order valence-electron chi connectivity index (χ0n) is 13.7. The van der Waals surface area contributed by atoms with Crippen molar-refractivity contribution in [3.05, 3.63) is 41.7 Å². The van der Waals surface area contributed by atoms with Gasteiger partial charge in [-0.2, -0.15) is 0 Å². The van der Waals surface area contributed by atoms with Gasteiger partial charge in [0.15, 0.2) is 0 Å². The van der Waals surface area contributed by atoms with Gasteiger partial charge in [-0.05, 0) is 38.3 Å². The van der Waals surface area contributed by atoms with Crippen molar-refractivity contribution in [3.8, 4) is 11.3 Å². The summed E-state index contributed by atoms with van der Waals surface area (Å²) >= 11 is 0. The van der Waals surface area contributed by atoms with Crippen LogP contribution < -0.4 is 10.6 Å². The van der Waals surface area contributed by atoms with Gasteiger partial charge in [-0.15, -0.1) is 0 Å². The zero-order chi connectivity index (χ0) is 16.3. The average Bonchev–Trinajstić information content (AvgIpc) is 2.96. The van der Waals surface area contributed by atoms with E-state index in [0.717, 1.165) is 31.5 Å². The predicted octanol–water partition coefficient (Wildman–Crippen LogP) is 2.77. The van der Waals surface area contributed by atoms with E-state index in [2.05, 4.69) is 22.7 Å². The molecule has 0 spiro atoms. The molecule has 2 N–H and O–H groups in total. The second-order valence-corrected chi connectivity index (χ2v) is 6.57. The van der Waals surface area contributed by atoms with Gasteiger partial charge >= 0.3 is 0 Å². The lowest BCUT2D eigenvalue weighted by Crippen LogP contribution is -2.43. The van der Waals surface area contributed by atoms with Crippen molar-refractivity contribution in [2.75, 3.05) is 19.6 Å². The van der Waals surface area contributed by atoms with Crippen LogP contribution in [0.5, 0.6) is 0 Å². The smallest absolute Gasteiger partial charge is 0.257 e. The largest absolute Gasteiger partial charge is 0.360 e. The van der Waals surface area contributed by atoms with Crippen LogP contribution in [0, 0.1) is 12.3 Å². The van der Waals surface area contributed by atoms with Crippen molar-refractivity contribution >= 4 is 5.91 Å². The Labute approximate surface area is 136 Å². The molecule has 122 valence electrons. The first-order valence-corrected chi connectivity index (χ1v) is 8.10. The van der Waals surface area contributed by atoms with Crippen LogP contribution in [-0.4, -0.2) is 30.7 Å². The number of rotatable bonds is 4. The van der Waals surface area contributed by atoms with Crippen LogP contribution in [0.15, 0.2) is 34.9 Å². The molecule has 1 aromatic carbocycles. The molecule has 23 heavy (non-hydrogen) atoms. The molecule has 1 aliphatic rings. The molecule has 1 fully saturated rings. The molecule has 2 heterocycles. The third kappa shape index (κ3) is 3.45. The van der Waals surface area contributed by atoms with E-state index < -0.39 is 0 Å². The van der Waals surface area contributed by atoms with Crippen LogP contribution >= 0.6 is 0 Å². The molecule has 5 heteroatoms. The highest BCUT2D eigenvalue weighted by Gasteiger charge is 2.28. The Morgan fingerprint density at radius 2 is 2.00 bits per heavy atom. The van der Waals surface area contributed by atoms with E-state index in [1.165, 1.54) is 0 Å². The highest BCUT2D eigenvalue weighted by Crippen LogP contribution is 2.28. The summed E-state index contributed by atoms with van der Waals surface area (Å²) in [6.07, 6.45) is 2.14. The highest BCUT2D eigenvalue weighted by atomic mass is 16.5. The molecule has 0 aliphatic carbocycles. The lowest BCUT2D eigenvalue weighted by molar-refractivity contribution is 0.0921. The van der Waals surface area contributed by atoms with Crippen molar-refractivity contribution in [1.82, 2.24) is 15.8 Å². The molecule has 0 atom stereocenters. The Bertz CT molecular complexity index is 673. The van der Waals surface area contributed by atoms with Gasteiger partial charge in [-0.3, -0.25) is 4.79 Å². The molecular weight excluding hydrogens is 290 g/mol. The standard InChI is InChI=1S/C18H23N3O2/c1-13-15(16(21-23-13)14-6-4-3-5-7-14)17(22)20-12-18(2)8-10-19-11-9-18/h3-7,19H,8-12H2,1-2H3,(H,20,22). The molecule has 3 rings (SSSR count). The number of amides is 1. The molecule has 0 unspecified atom stereocenters. The molecule has 0 saturated carbocycles. The molecule has 1 saturated heterocycles. The van der Waals surface area contributed by atoms with Gasteiger partial charge in [-0.25, -0.2) is 0 Å². The summed E-state index contributed by atoms with van der Waals surface area (Å²) in [6, 6.07) is 9.66. The monoisotopic (exact) mass is 313 g/mol. The number of aryl methyl sites for hydroxylation is 1. The first-order chi connectivity index (χ1) is 11.1. The summed E-state index contributed by atoms with van der Waals surface area (Å²) in [5.41, 5.74) is 2.19. The topological polar surface area (TPSA) is 67.2 Å². The predicted molar refractivity (Wildman–Crippen MR) is 89.2 cm³/mol. The van der Waals surface area contributed by atoms with Crippen molar-refractivity contribution in [1.29, 1.82) is 0 Å². The van der Waals surface area contributed by atoms with Gasteiger partial charge in [0.2, 0.25) is 0 Å². The van der Waals surface area contributed by atoms with E-state index >= 15 is 0 Å². The number of nitrogens with zero attached hydrogens (tertiary/aromatic N) is 1. The summed E-state index contributed by atoms with van der Waals surface area (Å²) in [5, 5.41) is 10.5. The van der Waals surface area contributed by atoms with Crippen LogP contribution in [0.25, 0.3) is 11.3 Å². The Morgan fingerprint density at radius 1 is 1.30 bits per heavy atom. The van der Waals surface area contributed by atoms with Gasteiger partial charge in [0.25, 0.3) is 5.91 Å². The van der Waals surface area contributed by atoms with Gasteiger partial charge in [0, 0.05) is 12.1 Å². The SMILES string of the molecule is Cc1onc(-c2ccccc2)c1C(=O)NCC1(C)CCNCC1. The molecule has 2 aromatic rings. The number of benzene rings is 1. The van der Waals surface area contributed by atoms with E-state index in [9.17, 15) is 4.79 Å². The van der Waals surface area contributed by atoms with Crippen molar-refractivity contribution in [2.45, 2.75) is 26.7 Å². The van der Waals surface area contributed by atoms with E-state index in [4.69, 9.17) is 4.52 Å². The Hall–Kier alpha value is -2.14. The minimum atomic E-state index is -0.109. The summed E-state index contributed by atoms with van der Waals surface area (Å²) in [6.45, 7) is 6.70. The van der Waals surface area contributed by atoms with Gasteiger partial charge in [0.1, 0.15) is 17.0 Å². The fraction of sp³-hybridized carbons (Fsp3) is 0.444. The summed E-state index contributed by atoms with van der Waals surface area (Å²) < 4.78 is 5.27. The summed E-state index contributed by atoms with van der Waals surface area (Å²) in [7, 11) is 0. The maximum atomic E-state index is 12.7. The third-order valence-electron chi connectivity index (χ3n) is 4.62. The Kier molecular flexibility index (Phi) is 4.48. The number of aromatic nitrogens is 1. The number of piperidine rings is 1. The fourth-order valence-electron chi connectivity index (χ4n) is 3.02. The quantitative estimate of drug-likeness (QED) is 0.911. The highest BCUT2D eigenvalue weighted by molar-refractivity contribution is 6.00. The third-order valence-corrected chi connectivity index (χ3v) is 4.62. The van der Waals surface area contributed by atoms with Gasteiger partial charge in [-0.1, -0.05) is 42.4 Å². The Morgan fingerprint density at radius 3 is 2.70 bits per heavy atom. The molecule has 1 aromatic heterocycles. The zero-order valence-corrected chi connectivity index (χ0v) is 13.7. The fourth-order valence-corrected chi connectivity index (χ4v) is 3.02. The molecule has 0 bridgehead atoms. The lowest BCUT2D eigenvalue weighted by atomic mass is 9.81. The second-order valence-electron chi connectivity index (χ2n) is 6.57. The minimum absolute atomic E-state index is 0.109. The van der Waals surface area contributed by atoms with Crippen molar-refractivity contribution in [2.24, 2.45) is 5.41 Å². The van der Waals surface area contributed by atoms with E-state index in [1.54, 1.807) is 6.92 Å². The molecular formula is C18H23N3O2. The van der Waals surface area contributed by atoms with E-state index in [-0.39, 0.29) is 11.3 Å². The lowest BCUT2D eigenvalue weighted by Gasteiger charge is -2.34. The van der Waals surface area contributed by atoms with Crippen LogP contribution in [0.2, 0.25) is 0 Å². The van der Waals surface area contributed by atoms with Crippen LogP contribution in [0.3, 0.4) is 0 Å². The van der Waals surface area contributed by atoms with Gasteiger partial charge in [0.05, 0.1) is 0 Å². The minimum Gasteiger partial charge on any atom is -0.360 e. The number of carbonyl (C=O) groups is 1. The van der Waals surface area contributed by atoms with E-state index in [0.29, 0.717) is 23.6 Å². The van der Waals surface area contributed by atoms with Crippen LogP contribution in [0.1, 0.15) is 35.9 Å². The Balaban J connectivity index is 1.76. The molecule has 1 amide bonds. The number of hydrogen-bond acceptors (Lipinski definition) is 4. The van der Waals surface area contributed by atoms with Crippen molar-refractivity contribution < 1.29 is 9.32 Å². The van der Waals surface area contributed by atoms with Crippen LogP contribution in [0.4, 0.5) is 0 Å². The first-order valence-electron chi connectivity index (χ1n) is 8.10. The number of nitrogens with one attached hydrogen (secondary N) is 2. The van der Waals surface area contributed by atoms with Gasteiger partial charge < -0.3 is 15.2 Å². The average molecular weight is 313 g/mol. The first kappa shape index (κ1) is 15.7. The van der Waals surface area contributed by atoms with Crippen molar-refractivity contribution in [3.63, 3.8) is 0 Å². The van der Waals surface area contributed by atoms with Crippen LogP contribution in [-0.2, 0) is 0 Å². The molecule has 0 radical (unpaired) electrons.